The van der Waals surface area contributed by atoms with Crippen LogP contribution >= 0.6 is 11.6 Å². The predicted octanol–water partition coefficient (Wildman–Crippen LogP) is 4.74. The summed E-state index contributed by atoms with van der Waals surface area (Å²) in [6.45, 7) is 2.01. The summed E-state index contributed by atoms with van der Waals surface area (Å²) in [6.07, 6.45) is 1.07. The SMILES string of the molecule is Cc1cccc(Oc2ccccc2NC(=O)CCCCl)c1. The summed E-state index contributed by atoms with van der Waals surface area (Å²) in [5.41, 5.74) is 1.79. The van der Waals surface area contributed by atoms with Gasteiger partial charge < -0.3 is 10.1 Å². The molecule has 0 aliphatic rings. The van der Waals surface area contributed by atoms with Crippen LogP contribution in [-0.2, 0) is 4.79 Å². The number of ether oxygens (including phenoxy) is 1. The van der Waals surface area contributed by atoms with Crippen molar-refractivity contribution in [2.75, 3.05) is 11.2 Å². The lowest BCUT2D eigenvalue weighted by molar-refractivity contribution is -0.116. The summed E-state index contributed by atoms with van der Waals surface area (Å²) >= 11 is 5.60. The molecule has 3 nitrogen and oxygen atoms in total. The molecular formula is C17H18ClNO2. The standard InChI is InChI=1S/C17H18ClNO2/c1-13-6-4-7-14(12-13)21-16-9-3-2-8-15(16)19-17(20)10-5-11-18/h2-4,6-9,12H,5,10-11H2,1H3,(H,19,20). The number of amides is 1. The van der Waals surface area contributed by atoms with Crippen LogP contribution in [0.2, 0.25) is 0 Å². The number of rotatable bonds is 6. The maximum atomic E-state index is 11.8. The molecule has 0 saturated carbocycles. The number of alkyl halides is 1. The number of hydrogen-bond donors (Lipinski definition) is 1. The maximum Gasteiger partial charge on any atom is 0.224 e. The fraction of sp³-hybridized carbons (Fsp3) is 0.235. The number of carbonyl (C=O) groups is 1. The second-order valence-electron chi connectivity index (χ2n) is 4.76. The van der Waals surface area contributed by atoms with Gasteiger partial charge in [0.05, 0.1) is 5.69 Å². The van der Waals surface area contributed by atoms with Gasteiger partial charge in [0, 0.05) is 12.3 Å². The number of nitrogens with one attached hydrogen (secondary N) is 1. The molecule has 0 fully saturated rings. The lowest BCUT2D eigenvalue weighted by atomic mass is 10.2. The Morgan fingerprint density at radius 3 is 2.76 bits per heavy atom. The Balaban J connectivity index is 2.11. The Hall–Kier alpha value is -2.00. The molecule has 0 aliphatic heterocycles. The van der Waals surface area contributed by atoms with Crippen molar-refractivity contribution < 1.29 is 9.53 Å². The Labute approximate surface area is 129 Å². The molecule has 0 spiro atoms. The van der Waals surface area contributed by atoms with Gasteiger partial charge in [-0.15, -0.1) is 11.6 Å². The Morgan fingerprint density at radius 1 is 1.19 bits per heavy atom. The van der Waals surface area contributed by atoms with Crippen molar-refractivity contribution in [3.8, 4) is 11.5 Å². The van der Waals surface area contributed by atoms with Crippen LogP contribution in [0.3, 0.4) is 0 Å². The predicted molar refractivity (Wildman–Crippen MR) is 86.3 cm³/mol. The zero-order valence-electron chi connectivity index (χ0n) is 11.9. The normalized spacial score (nSPS) is 10.2. The molecule has 1 N–H and O–H groups in total. The highest BCUT2D eigenvalue weighted by molar-refractivity contribution is 6.18. The number of carbonyl (C=O) groups excluding carboxylic acids is 1. The molecule has 4 heteroatoms. The van der Waals surface area contributed by atoms with Crippen molar-refractivity contribution >= 4 is 23.2 Å². The highest BCUT2D eigenvalue weighted by Gasteiger charge is 2.08. The van der Waals surface area contributed by atoms with Gasteiger partial charge in [0.15, 0.2) is 5.75 Å². The summed E-state index contributed by atoms with van der Waals surface area (Å²) < 4.78 is 5.85. The van der Waals surface area contributed by atoms with Crippen LogP contribution in [0.25, 0.3) is 0 Å². The average Bonchev–Trinajstić information content (AvgIpc) is 2.47. The van der Waals surface area contributed by atoms with Crippen molar-refractivity contribution in [2.24, 2.45) is 0 Å². The van der Waals surface area contributed by atoms with E-state index in [9.17, 15) is 4.79 Å². The quantitative estimate of drug-likeness (QED) is 0.782. The molecule has 0 saturated heterocycles. The van der Waals surface area contributed by atoms with E-state index in [1.165, 1.54) is 0 Å². The zero-order chi connectivity index (χ0) is 15.1. The minimum Gasteiger partial charge on any atom is -0.455 e. The van der Waals surface area contributed by atoms with Crippen LogP contribution < -0.4 is 10.1 Å². The monoisotopic (exact) mass is 303 g/mol. The van der Waals surface area contributed by atoms with E-state index in [1.54, 1.807) is 0 Å². The van der Waals surface area contributed by atoms with E-state index >= 15 is 0 Å². The topological polar surface area (TPSA) is 38.3 Å². The van der Waals surface area contributed by atoms with Crippen molar-refractivity contribution in [3.63, 3.8) is 0 Å². The van der Waals surface area contributed by atoms with Gasteiger partial charge in [-0.1, -0.05) is 24.3 Å². The van der Waals surface area contributed by atoms with E-state index in [2.05, 4.69) is 5.32 Å². The Kier molecular flexibility index (Phi) is 5.64. The third-order valence-corrected chi connectivity index (χ3v) is 3.18. The minimum absolute atomic E-state index is 0.0593. The molecule has 0 unspecified atom stereocenters. The van der Waals surface area contributed by atoms with Gasteiger partial charge in [-0.2, -0.15) is 0 Å². The van der Waals surface area contributed by atoms with Crippen LogP contribution in [0.1, 0.15) is 18.4 Å². The Bertz CT molecular complexity index is 613. The summed E-state index contributed by atoms with van der Waals surface area (Å²) in [5, 5.41) is 2.86. The summed E-state index contributed by atoms with van der Waals surface area (Å²) in [7, 11) is 0. The highest BCUT2D eigenvalue weighted by Crippen LogP contribution is 2.29. The third kappa shape index (κ3) is 4.80. The van der Waals surface area contributed by atoms with E-state index in [1.807, 2.05) is 55.5 Å². The summed E-state index contributed by atoms with van der Waals surface area (Å²) in [6, 6.07) is 15.2. The maximum absolute atomic E-state index is 11.8. The fourth-order valence-corrected chi connectivity index (χ4v) is 2.04. The molecule has 0 heterocycles. The number of aryl methyl sites for hydroxylation is 1. The van der Waals surface area contributed by atoms with Gasteiger partial charge in [0.25, 0.3) is 0 Å². The molecule has 2 rings (SSSR count). The number of benzene rings is 2. The van der Waals surface area contributed by atoms with Crippen LogP contribution in [0.15, 0.2) is 48.5 Å². The number of hydrogen-bond acceptors (Lipinski definition) is 2. The largest absolute Gasteiger partial charge is 0.455 e. The first-order valence-electron chi connectivity index (χ1n) is 6.88. The number of anilines is 1. The van der Waals surface area contributed by atoms with E-state index < -0.39 is 0 Å². The lowest BCUT2D eigenvalue weighted by Crippen LogP contribution is -2.11. The number of halogens is 1. The van der Waals surface area contributed by atoms with Gasteiger partial charge in [0.1, 0.15) is 5.75 Å². The van der Waals surface area contributed by atoms with Crippen LogP contribution in [0.5, 0.6) is 11.5 Å². The smallest absolute Gasteiger partial charge is 0.224 e. The van der Waals surface area contributed by atoms with E-state index in [0.29, 0.717) is 30.2 Å². The molecule has 21 heavy (non-hydrogen) atoms. The first-order valence-corrected chi connectivity index (χ1v) is 7.42. The van der Waals surface area contributed by atoms with E-state index in [-0.39, 0.29) is 5.91 Å². The zero-order valence-corrected chi connectivity index (χ0v) is 12.7. The van der Waals surface area contributed by atoms with Gasteiger partial charge in [-0.05, 0) is 43.2 Å². The van der Waals surface area contributed by atoms with Gasteiger partial charge in [-0.25, -0.2) is 0 Å². The molecule has 0 radical (unpaired) electrons. The summed E-state index contributed by atoms with van der Waals surface area (Å²) in [5.74, 6) is 1.80. The molecule has 0 bridgehead atoms. The molecule has 1 amide bonds. The van der Waals surface area contributed by atoms with Crippen LogP contribution in [0, 0.1) is 6.92 Å². The lowest BCUT2D eigenvalue weighted by Gasteiger charge is -2.12. The van der Waals surface area contributed by atoms with Crippen LogP contribution in [-0.4, -0.2) is 11.8 Å². The van der Waals surface area contributed by atoms with E-state index in [0.717, 1.165) is 11.3 Å². The van der Waals surface area contributed by atoms with Gasteiger partial charge in [0.2, 0.25) is 5.91 Å². The van der Waals surface area contributed by atoms with Crippen molar-refractivity contribution in [2.45, 2.75) is 19.8 Å². The third-order valence-electron chi connectivity index (χ3n) is 2.92. The molecular weight excluding hydrogens is 286 g/mol. The van der Waals surface area contributed by atoms with E-state index in [4.69, 9.17) is 16.3 Å². The Morgan fingerprint density at radius 2 is 2.00 bits per heavy atom. The first kappa shape index (κ1) is 15.4. The molecule has 110 valence electrons. The molecule has 0 aromatic heterocycles. The fourth-order valence-electron chi connectivity index (χ4n) is 1.90. The van der Waals surface area contributed by atoms with Crippen molar-refractivity contribution in [3.05, 3.63) is 54.1 Å². The van der Waals surface area contributed by atoms with Gasteiger partial charge >= 0.3 is 0 Å². The molecule has 2 aromatic rings. The molecule has 0 atom stereocenters. The van der Waals surface area contributed by atoms with Crippen molar-refractivity contribution in [1.82, 2.24) is 0 Å². The molecule has 2 aromatic carbocycles. The van der Waals surface area contributed by atoms with Gasteiger partial charge in [-0.3, -0.25) is 4.79 Å². The average molecular weight is 304 g/mol. The second-order valence-corrected chi connectivity index (χ2v) is 5.13. The molecule has 0 aliphatic carbocycles. The first-order chi connectivity index (χ1) is 10.2. The van der Waals surface area contributed by atoms with Crippen molar-refractivity contribution in [1.29, 1.82) is 0 Å². The highest BCUT2D eigenvalue weighted by atomic mass is 35.5. The van der Waals surface area contributed by atoms with Crippen LogP contribution in [0.4, 0.5) is 5.69 Å². The minimum atomic E-state index is -0.0593. The number of para-hydroxylation sites is 2. The second kappa shape index (κ2) is 7.70. The summed E-state index contributed by atoms with van der Waals surface area (Å²) in [4.78, 5) is 11.8.